The Labute approximate surface area is 182 Å². The van der Waals surface area contributed by atoms with E-state index in [1.807, 2.05) is 24.3 Å². The minimum absolute atomic E-state index is 0.0639. The Bertz CT molecular complexity index is 1180. The second-order valence-corrected chi connectivity index (χ2v) is 7.96. The van der Waals surface area contributed by atoms with Crippen molar-refractivity contribution in [2.45, 2.75) is 13.5 Å². The van der Waals surface area contributed by atoms with Gasteiger partial charge in [0.2, 0.25) is 0 Å². The van der Waals surface area contributed by atoms with Gasteiger partial charge in [-0.25, -0.2) is 4.90 Å². The van der Waals surface area contributed by atoms with Gasteiger partial charge in [-0.3, -0.25) is 14.4 Å². The summed E-state index contributed by atoms with van der Waals surface area (Å²) in [5.74, 6) is -0.734. The average molecular weight is 441 g/mol. The smallest absolute Gasteiger partial charge is 0.325 e. The predicted octanol–water partition coefficient (Wildman–Crippen LogP) is 5.10. The maximum absolute atomic E-state index is 12.9. The van der Waals surface area contributed by atoms with Crippen LogP contribution < -0.4 is 4.90 Å². The van der Waals surface area contributed by atoms with E-state index in [9.17, 15) is 14.4 Å². The van der Waals surface area contributed by atoms with Crippen molar-refractivity contribution in [1.29, 1.82) is 0 Å². The van der Waals surface area contributed by atoms with Gasteiger partial charge in [-0.2, -0.15) is 0 Å². The molecule has 1 aliphatic rings. The molecule has 1 saturated heterocycles. The van der Waals surface area contributed by atoms with Crippen molar-refractivity contribution in [2.75, 3.05) is 11.5 Å². The minimum Gasteiger partial charge on any atom is -0.465 e. The number of nitrogens with zero attached hydrogens (tertiary/aromatic N) is 2. The van der Waals surface area contributed by atoms with E-state index in [2.05, 4.69) is 0 Å². The number of aromatic nitrogens is 1. The second-order valence-electron chi connectivity index (χ2n) is 6.53. The molecule has 2 heterocycles. The van der Waals surface area contributed by atoms with Crippen molar-refractivity contribution in [3.8, 4) is 0 Å². The lowest BCUT2D eigenvalue weighted by Crippen LogP contribution is -2.27. The Hall–Kier alpha value is -3.03. The maximum Gasteiger partial charge on any atom is 0.325 e. The zero-order valence-corrected chi connectivity index (χ0v) is 17.6. The van der Waals surface area contributed by atoms with Crippen LogP contribution in [0, 0.1) is 0 Å². The Morgan fingerprint density at radius 3 is 2.60 bits per heavy atom. The van der Waals surface area contributed by atoms with Crippen molar-refractivity contribution < 1.29 is 19.1 Å². The summed E-state index contributed by atoms with van der Waals surface area (Å²) in [7, 11) is 0. The number of ether oxygens (including phenoxy) is 1. The summed E-state index contributed by atoms with van der Waals surface area (Å²) in [4.78, 5) is 38.8. The molecule has 0 atom stereocenters. The number of anilines is 1. The average Bonchev–Trinajstić information content (AvgIpc) is 3.20. The first-order valence-corrected chi connectivity index (χ1v) is 10.4. The maximum atomic E-state index is 12.9. The highest BCUT2D eigenvalue weighted by molar-refractivity contribution is 8.19. The molecule has 4 rings (SSSR count). The van der Waals surface area contributed by atoms with E-state index in [0.29, 0.717) is 22.2 Å². The molecule has 0 N–H and O–H groups in total. The van der Waals surface area contributed by atoms with Gasteiger partial charge >= 0.3 is 5.97 Å². The van der Waals surface area contributed by atoms with Crippen LogP contribution in [0.3, 0.4) is 0 Å². The molecule has 2 amide bonds. The molecule has 1 aliphatic heterocycles. The van der Waals surface area contributed by atoms with E-state index >= 15 is 0 Å². The number of benzene rings is 2. The zero-order chi connectivity index (χ0) is 21.3. The Morgan fingerprint density at radius 2 is 1.87 bits per heavy atom. The van der Waals surface area contributed by atoms with Gasteiger partial charge in [0, 0.05) is 27.7 Å². The molecule has 2 aromatic carbocycles. The molecule has 0 saturated carbocycles. The van der Waals surface area contributed by atoms with Crippen molar-refractivity contribution >= 4 is 63.1 Å². The summed E-state index contributed by atoms with van der Waals surface area (Å²) in [5.41, 5.74) is 2.06. The summed E-state index contributed by atoms with van der Waals surface area (Å²) in [6.07, 6.45) is 3.47. The highest BCUT2D eigenvalue weighted by atomic mass is 35.5. The molecule has 3 aromatic rings. The third-order valence-corrected chi connectivity index (χ3v) is 5.71. The van der Waals surface area contributed by atoms with Gasteiger partial charge in [-0.1, -0.05) is 29.8 Å². The van der Waals surface area contributed by atoms with Gasteiger partial charge in [0.05, 0.1) is 17.2 Å². The van der Waals surface area contributed by atoms with Crippen LogP contribution in [0.2, 0.25) is 5.02 Å². The molecule has 0 radical (unpaired) electrons. The van der Waals surface area contributed by atoms with Gasteiger partial charge in [0.25, 0.3) is 11.1 Å². The minimum atomic E-state index is -0.394. The van der Waals surface area contributed by atoms with Crippen LogP contribution in [-0.2, 0) is 20.9 Å². The number of fused-ring (bicyclic) bond motifs is 1. The second kappa shape index (κ2) is 8.38. The van der Waals surface area contributed by atoms with E-state index in [-0.39, 0.29) is 17.8 Å². The molecule has 152 valence electrons. The number of halogens is 1. The fraction of sp³-hybridized carbons (Fsp3) is 0.136. The molecule has 1 fully saturated rings. The highest BCUT2D eigenvalue weighted by Crippen LogP contribution is 2.37. The molecule has 8 heteroatoms. The number of amides is 2. The lowest BCUT2D eigenvalue weighted by atomic mass is 10.1. The number of para-hydroxylation sites is 1. The first-order valence-electron chi connectivity index (χ1n) is 9.25. The number of hydrogen-bond donors (Lipinski definition) is 0. The first kappa shape index (κ1) is 20.3. The van der Waals surface area contributed by atoms with Gasteiger partial charge in [-0.05, 0) is 55.1 Å². The van der Waals surface area contributed by atoms with Gasteiger partial charge < -0.3 is 9.30 Å². The molecular weight excluding hydrogens is 424 g/mol. The molecule has 0 spiro atoms. The first-order chi connectivity index (χ1) is 14.5. The quantitative estimate of drug-likeness (QED) is 0.408. The fourth-order valence-electron chi connectivity index (χ4n) is 3.29. The van der Waals surface area contributed by atoms with Crippen LogP contribution in [0.4, 0.5) is 10.5 Å². The normalized spacial score (nSPS) is 15.4. The Kier molecular flexibility index (Phi) is 5.65. The molecule has 6 nitrogen and oxygen atoms in total. The third-order valence-electron chi connectivity index (χ3n) is 4.59. The largest absolute Gasteiger partial charge is 0.465 e. The van der Waals surface area contributed by atoms with E-state index < -0.39 is 5.91 Å². The molecule has 0 bridgehead atoms. The monoisotopic (exact) mass is 440 g/mol. The number of esters is 1. The van der Waals surface area contributed by atoms with Gasteiger partial charge in [-0.15, -0.1) is 0 Å². The van der Waals surface area contributed by atoms with E-state index in [1.165, 1.54) is 0 Å². The van der Waals surface area contributed by atoms with Crippen molar-refractivity contribution in [3.63, 3.8) is 0 Å². The van der Waals surface area contributed by atoms with Crippen molar-refractivity contribution in [1.82, 2.24) is 4.57 Å². The number of imide groups is 1. The lowest BCUT2D eigenvalue weighted by Gasteiger charge is -2.12. The number of carbonyl (C=O) groups is 3. The van der Waals surface area contributed by atoms with E-state index in [0.717, 1.165) is 33.1 Å². The summed E-state index contributed by atoms with van der Waals surface area (Å²) in [5, 5.41) is 1.03. The SMILES string of the molecule is CCOC(=O)Cn1cc(/C=C2\SC(=O)N(c3ccc(Cl)cc3)C2=O)c2ccccc21. The van der Waals surface area contributed by atoms with Crippen LogP contribution in [0.5, 0.6) is 0 Å². The van der Waals surface area contributed by atoms with Crippen LogP contribution in [0.25, 0.3) is 17.0 Å². The number of thioether (sulfide) groups is 1. The predicted molar refractivity (Wildman–Crippen MR) is 118 cm³/mol. The van der Waals surface area contributed by atoms with Gasteiger partial charge in [0.1, 0.15) is 6.54 Å². The summed E-state index contributed by atoms with van der Waals surface area (Å²) in [6, 6.07) is 14.1. The lowest BCUT2D eigenvalue weighted by molar-refractivity contribution is -0.143. The molecule has 1 aromatic heterocycles. The number of hydrogen-bond acceptors (Lipinski definition) is 5. The Balaban J connectivity index is 1.69. The summed E-state index contributed by atoms with van der Waals surface area (Å²) in [6.45, 7) is 2.13. The summed E-state index contributed by atoms with van der Waals surface area (Å²) >= 11 is 6.78. The number of carbonyl (C=O) groups excluding carboxylic acids is 3. The van der Waals surface area contributed by atoms with Crippen LogP contribution in [-0.4, -0.2) is 28.3 Å². The van der Waals surface area contributed by atoms with E-state index in [4.69, 9.17) is 16.3 Å². The Morgan fingerprint density at radius 1 is 1.13 bits per heavy atom. The number of rotatable bonds is 5. The molecule has 0 aliphatic carbocycles. The zero-order valence-electron chi connectivity index (χ0n) is 16.0. The van der Waals surface area contributed by atoms with E-state index in [1.54, 1.807) is 48.0 Å². The molecule has 0 unspecified atom stereocenters. The topological polar surface area (TPSA) is 68.6 Å². The highest BCUT2D eigenvalue weighted by Gasteiger charge is 2.36. The van der Waals surface area contributed by atoms with Gasteiger partial charge in [0.15, 0.2) is 0 Å². The standard InChI is InChI=1S/C22H17ClN2O4S/c1-2-29-20(26)13-24-12-14(17-5-3-4-6-18(17)24)11-19-21(27)25(22(28)30-19)16-9-7-15(23)8-10-16/h3-12H,2,13H2,1H3/b19-11-. The van der Waals surface area contributed by atoms with Crippen LogP contribution in [0.1, 0.15) is 12.5 Å². The van der Waals surface area contributed by atoms with Crippen molar-refractivity contribution in [2.24, 2.45) is 0 Å². The van der Waals surface area contributed by atoms with Crippen molar-refractivity contribution in [3.05, 3.63) is 70.2 Å². The third kappa shape index (κ3) is 3.86. The van der Waals surface area contributed by atoms with Crippen LogP contribution >= 0.6 is 23.4 Å². The summed E-state index contributed by atoms with van der Waals surface area (Å²) < 4.78 is 6.83. The fourth-order valence-corrected chi connectivity index (χ4v) is 4.25. The molecular formula is C22H17ClN2O4S. The van der Waals surface area contributed by atoms with Crippen LogP contribution in [0.15, 0.2) is 59.6 Å². The molecule has 30 heavy (non-hydrogen) atoms.